The Balaban J connectivity index is 0.000000560. The second-order valence-corrected chi connectivity index (χ2v) is 16.2. The van der Waals surface area contributed by atoms with Crippen LogP contribution in [0.2, 0.25) is 0 Å². The normalized spacial score (nSPS) is 24.7. The highest BCUT2D eigenvalue weighted by Gasteiger charge is 2.39. The molecule has 0 saturated heterocycles. The number of esters is 2. The van der Waals surface area contributed by atoms with Crippen molar-refractivity contribution in [2.75, 3.05) is 14.2 Å². The van der Waals surface area contributed by atoms with Crippen molar-refractivity contribution in [1.82, 2.24) is 0 Å². The van der Waals surface area contributed by atoms with Crippen LogP contribution in [0, 0.1) is 71.0 Å². The molecule has 316 valence electrons. The lowest BCUT2D eigenvalue weighted by Gasteiger charge is -2.22. The number of ketones is 2. The molecule has 2 aliphatic rings. The summed E-state index contributed by atoms with van der Waals surface area (Å²) in [6.45, 7) is 12.6. The van der Waals surface area contributed by atoms with Gasteiger partial charge in [-0.1, -0.05) is 98.3 Å². The Morgan fingerprint density at radius 2 is 1.32 bits per heavy atom. The van der Waals surface area contributed by atoms with Gasteiger partial charge >= 0.3 is 11.9 Å². The minimum absolute atomic E-state index is 0.0119. The van der Waals surface area contributed by atoms with Crippen molar-refractivity contribution in [3.05, 3.63) is 24.3 Å². The van der Waals surface area contributed by atoms with Gasteiger partial charge < -0.3 is 19.7 Å². The van der Waals surface area contributed by atoms with Crippen LogP contribution in [-0.4, -0.2) is 60.1 Å². The number of allylic oxidation sites excluding steroid dienone is 2. The standard InChI is InChI=1S/C25H40O3.C23H36O5/c1-6-7-10-13-19(2)24(26)17-16-23-21(4)18-20(3)22(23)14-11-8-9-12-15-25(27)28-5;1-4-5-8-11-17(2)20(24)15-14-19-18(21(25)16-22(19)26)12-9-6-7-10-13-23(27)28-3/h16-17,19-23H,6,8-9,11-15,18H2,1-5H3;14-15,17-20,22,24,26H,4,6-7,9-13,16H2,1-3H3/b17-16+;15-14+/t19-,20-,21+,22-,23-;17-,18+,19+,20?,22+/m00/s1. The predicted molar refractivity (Wildman–Crippen MR) is 225 cm³/mol. The molecule has 8 nitrogen and oxygen atoms in total. The van der Waals surface area contributed by atoms with Crippen LogP contribution in [0.5, 0.6) is 0 Å². The Morgan fingerprint density at radius 1 is 0.768 bits per heavy atom. The van der Waals surface area contributed by atoms with Crippen LogP contribution in [0.4, 0.5) is 0 Å². The molecule has 0 aromatic carbocycles. The van der Waals surface area contributed by atoms with Gasteiger partial charge in [-0.05, 0) is 67.8 Å². The number of aliphatic hydroxyl groups is 2. The molecule has 0 heterocycles. The number of carbonyl (C=O) groups is 4. The van der Waals surface area contributed by atoms with E-state index in [9.17, 15) is 29.4 Å². The molecule has 0 radical (unpaired) electrons. The summed E-state index contributed by atoms with van der Waals surface area (Å²) in [5.41, 5.74) is 0. The number of unbranched alkanes of at least 4 members (excludes halogenated alkanes) is 6. The second-order valence-electron chi connectivity index (χ2n) is 16.2. The fourth-order valence-electron chi connectivity index (χ4n) is 8.05. The fourth-order valence-corrected chi connectivity index (χ4v) is 8.05. The molecule has 0 aromatic heterocycles. The molecule has 2 aliphatic carbocycles. The van der Waals surface area contributed by atoms with E-state index in [0.717, 1.165) is 64.2 Å². The minimum Gasteiger partial charge on any atom is -0.469 e. The molecule has 2 saturated carbocycles. The number of carbonyl (C=O) groups excluding carboxylic acids is 4. The molecule has 1 unspecified atom stereocenters. The highest BCUT2D eigenvalue weighted by Crippen LogP contribution is 2.44. The number of methoxy groups -OCH3 is 2. The molecule has 0 bridgehead atoms. The SMILES string of the molecule is CCC#CC[C@H](C)C(=O)/C=C/[C@@H]1[C@@H](CCCCCCC(=O)OC)[C@@H](C)C[C@H]1C.CCC#CC[C@H](C)C(O)/C=C/[C@H]1[C@H](O)CC(=O)[C@@H]1CCCCCCC(=O)OC. The van der Waals surface area contributed by atoms with Gasteiger partial charge in [0.15, 0.2) is 5.78 Å². The van der Waals surface area contributed by atoms with E-state index in [1.165, 1.54) is 33.5 Å². The highest BCUT2D eigenvalue weighted by molar-refractivity contribution is 5.91. The van der Waals surface area contributed by atoms with Gasteiger partial charge in [0.1, 0.15) is 5.78 Å². The van der Waals surface area contributed by atoms with Gasteiger partial charge in [-0.25, -0.2) is 0 Å². The predicted octanol–water partition coefficient (Wildman–Crippen LogP) is 9.40. The first-order valence-electron chi connectivity index (χ1n) is 21.6. The summed E-state index contributed by atoms with van der Waals surface area (Å²) in [7, 11) is 2.84. The third-order valence-corrected chi connectivity index (χ3v) is 11.6. The Labute approximate surface area is 340 Å². The van der Waals surface area contributed by atoms with Crippen LogP contribution in [-0.2, 0) is 28.7 Å². The van der Waals surface area contributed by atoms with Crippen molar-refractivity contribution < 1.29 is 38.9 Å². The maximum atomic E-state index is 12.4. The molecule has 2 N–H and O–H groups in total. The van der Waals surface area contributed by atoms with E-state index in [4.69, 9.17) is 0 Å². The van der Waals surface area contributed by atoms with Crippen LogP contribution in [0.25, 0.3) is 0 Å². The van der Waals surface area contributed by atoms with E-state index in [-0.39, 0.29) is 53.6 Å². The minimum atomic E-state index is -0.671. The van der Waals surface area contributed by atoms with Crippen molar-refractivity contribution in [3.63, 3.8) is 0 Å². The van der Waals surface area contributed by atoms with Crippen molar-refractivity contribution in [1.29, 1.82) is 0 Å². The van der Waals surface area contributed by atoms with E-state index in [1.807, 2.05) is 39.8 Å². The maximum Gasteiger partial charge on any atom is 0.305 e. The van der Waals surface area contributed by atoms with Crippen molar-refractivity contribution in [2.45, 2.75) is 169 Å². The molecular formula is C48H76O8. The van der Waals surface area contributed by atoms with Crippen LogP contribution in [0.1, 0.15) is 157 Å². The molecule has 2 fully saturated rings. The third kappa shape index (κ3) is 20.3. The van der Waals surface area contributed by atoms with Crippen molar-refractivity contribution in [3.8, 4) is 23.7 Å². The van der Waals surface area contributed by atoms with Gasteiger partial charge in [0, 0.05) is 62.7 Å². The molecule has 0 aromatic rings. The van der Waals surface area contributed by atoms with Crippen LogP contribution < -0.4 is 0 Å². The first-order valence-corrected chi connectivity index (χ1v) is 21.6. The summed E-state index contributed by atoms with van der Waals surface area (Å²) < 4.78 is 9.31. The lowest BCUT2D eigenvalue weighted by Crippen LogP contribution is -2.20. The van der Waals surface area contributed by atoms with Gasteiger partial charge in [-0.3, -0.25) is 19.2 Å². The summed E-state index contributed by atoms with van der Waals surface area (Å²) in [5, 5.41) is 20.6. The Bertz CT molecular complexity index is 1340. The van der Waals surface area contributed by atoms with E-state index in [0.29, 0.717) is 49.4 Å². The number of hydrogen-bond acceptors (Lipinski definition) is 8. The third-order valence-electron chi connectivity index (χ3n) is 11.6. The first kappa shape index (κ1) is 50.8. The first-order chi connectivity index (χ1) is 26.8. The van der Waals surface area contributed by atoms with Crippen LogP contribution in [0.3, 0.4) is 0 Å². The zero-order valence-electron chi connectivity index (χ0n) is 36.2. The fraction of sp³-hybridized carbons (Fsp3) is 0.750. The Hall–Kier alpha value is -3.20. The lowest BCUT2D eigenvalue weighted by atomic mass is 9.83. The summed E-state index contributed by atoms with van der Waals surface area (Å²) >= 11 is 0. The van der Waals surface area contributed by atoms with Gasteiger partial charge in [-0.15, -0.1) is 23.7 Å². The molecule has 0 aliphatic heterocycles. The maximum absolute atomic E-state index is 12.4. The Kier molecular flexibility index (Phi) is 27.2. The number of aliphatic hydroxyl groups excluding tert-OH is 2. The summed E-state index contributed by atoms with van der Waals surface area (Å²) in [5.74, 6) is 14.3. The average Bonchev–Trinajstić information content (AvgIpc) is 3.61. The van der Waals surface area contributed by atoms with E-state index >= 15 is 0 Å². The zero-order chi connectivity index (χ0) is 41.9. The second kappa shape index (κ2) is 30.0. The quantitative estimate of drug-likeness (QED) is 0.0366. The average molecular weight is 781 g/mol. The van der Waals surface area contributed by atoms with Gasteiger partial charge in [0.2, 0.25) is 0 Å². The number of ether oxygens (including phenoxy) is 2. The van der Waals surface area contributed by atoms with Crippen LogP contribution in [0.15, 0.2) is 24.3 Å². The largest absolute Gasteiger partial charge is 0.469 e. The van der Waals surface area contributed by atoms with Gasteiger partial charge in [0.05, 0.1) is 26.4 Å². The van der Waals surface area contributed by atoms with E-state index in [1.54, 1.807) is 6.08 Å². The molecule has 0 amide bonds. The van der Waals surface area contributed by atoms with Crippen molar-refractivity contribution in [2.24, 2.45) is 47.3 Å². The smallest absolute Gasteiger partial charge is 0.305 e. The van der Waals surface area contributed by atoms with Crippen molar-refractivity contribution >= 4 is 23.5 Å². The number of hydrogen-bond donors (Lipinski definition) is 2. The summed E-state index contributed by atoms with van der Waals surface area (Å²) in [4.78, 5) is 46.9. The zero-order valence-corrected chi connectivity index (χ0v) is 36.2. The Morgan fingerprint density at radius 3 is 1.89 bits per heavy atom. The van der Waals surface area contributed by atoms with E-state index < -0.39 is 12.2 Å². The molecule has 8 heteroatoms. The highest BCUT2D eigenvalue weighted by atomic mass is 16.5. The number of rotatable bonds is 22. The topological polar surface area (TPSA) is 127 Å². The summed E-state index contributed by atoms with van der Waals surface area (Å²) in [6.07, 6.45) is 21.5. The van der Waals surface area contributed by atoms with E-state index in [2.05, 4.69) is 53.1 Å². The lowest BCUT2D eigenvalue weighted by molar-refractivity contribution is -0.141. The monoisotopic (exact) mass is 781 g/mol. The van der Waals surface area contributed by atoms with Gasteiger partial charge in [0.25, 0.3) is 0 Å². The molecule has 0 spiro atoms. The molecule has 56 heavy (non-hydrogen) atoms. The molecular weight excluding hydrogens is 705 g/mol. The molecule has 10 atom stereocenters. The summed E-state index contributed by atoms with van der Waals surface area (Å²) in [6, 6.07) is 0. The molecule has 2 rings (SSSR count). The van der Waals surface area contributed by atoms with Crippen LogP contribution >= 0.6 is 0 Å². The number of Topliss-reactive ketones (excluding diaryl/α,β-unsaturated/α-hetero) is 1. The van der Waals surface area contributed by atoms with Gasteiger partial charge in [-0.2, -0.15) is 0 Å².